The van der Waals surface area contributed by atoms with Crippen molar-refractivity contribution in [3.8, 4) is 0 Å². The van der Waals surface area contributed by atoms with Crippen LogP contribution in [0.2, 0.25) is 0 Å². The zero-order valence-electron chi connectivity index (χ0n) is 11.0. The zero-order valence-corrected chi connectivity index (χ0v) is 12.7. The van der Waals surface area contributed by atoms with Crippen molar-refractivity contribution < 1.29 is 0 Å². The summed E-state index contributed by atoms with van der Waals surface area (Å²) >= 11 is 3.36. The Morgan fingerprint density at radius 3 is 2.72 bits per heavy atom. The molecule has 0 N–H and O–H groups in total. The number of hydrogen-bond acceptors (Lipinski definition) is 1. The molecule has 0 saturated carbocycles. The number of likely N-dealkylation sites (tertiary alicyclic amines) is 1. The minimum atomic E-state index is 0.119. The number of rotatable bonds is 1. The molecule has 2 atom stereocenters. The standard InChI is InChI=1S/C16H19NSe/c1-12-7-6-10-14-11-17(2)15(18)16(12,14)13-8-4-3-5-9-13/h3-5,7-9,14H,6,10-11H2,1-2H3/t14-,16+/m0/s1. The van der Waals surface area contributed by atoms with Gasteiger partial charge in [0.2, 0.25) is 0 Å². The first-order chi connectivity index (χ1) is 8.67. The molecule has 1 heterocycles. The van der Waals surface area contributed by atoms with Gasteiger partial charge in [-0.25, -0.2) is 0 Å². The maximum atomic E-state index is 3.36. The van der Waals surface area contributed by atoms with E-state index in [0.717, 1.165) is 0 Å². The van der Waals surface area contributed by atoms with Crippen molar-refractivity contribution >= 4 is 20.1 Å². The van der Waals surface area contributed by atoms with E-state index in [-0.39, 0.29) is 5.41 Å². The van der Waals surface area contributed by atoms with Crippen LogP contribution in [0.4, 0.5) is 0 Å². The van der Waals surface area contributed by atoms with Crippen molar-refractivity contribution in [3.63, 3.8) is 0 Å². The monoisotopic (exact) mass is 305 g/mol. The SMILES string of the molecule is CC1=CCC[C@H]2CN(C)C(=[Se])[C@@]12c1ccccc1. The third-order valence-electron chi connectivity index (χ3n) is 4.61. The number of hydrogen-bond donors (Lipinski definition) is 0. The van der Waals surface area contributed by atoms with Crippen molar-refractivity contribution in [3.05, 3.63) is 47.5 Å². The molecule has 0 amide bonds. The van der Waals surface area contributed by atoms with Crippen LogP contribution in [-0.2, 0) is 5.41 Å². The van der Waals surface area contributed by atoms with Crippen molar-refractivity contribution in [1.29, 1.82) is 0 Å². The number of benzene rings is 1. The fraction of sp³-hybridized carbons (Fsp3) is 0.438. The van der Waals surface area contributed by atoms with Crippen molar-refractivity contribution in [2.75, 3.05) is 13.6 Å². The molecule has 1 aliphatic heterocycles. The molecule has 18 heavy (non-hydrogen) atoms. The maximum absolute atomic E-state index is 3.36. The second kappa shape index (κ2) is 4.36. The van der Waals surface area contributed by atoms with Crippen molar-refractivity contribution in [2.24, 2.45) is 5.92 Å². The average molecular weight is 304 g/mol. The molecule has 0 spiro atoms. The van der Waals surface area contributed by atoms with Crippen LogP contribution in [0, 0.1) is 5.92 Å². The first-order valence-corrected chi connectivity index (χ1v) is 7.51. The van der Waals surface area contributed by atoms with Crippen LogP contribution in [0.15, 0.2) is 42.0 Å². The molecule has 94 valence electrons. The third-order valence-corrected chi connectivity index (χ3v) is 5.94. The Morgan fingerprint density at radius 1 is 1.28 bits per heavy atom. The molecule has 0 bridgehead atoms. The van der Waals surface area contributed by atoms with E-state index in [1.54, 1.807) is 0 Å². The number of nitrogens with zero attached hydrogens (tertiary/aromatic N) is 1. The first kappa shape index (κ1) is 12.2. The fourth-order valence-corrected chi connectivity index (χ4v) is 4.87. The molecule has 0 unspecified atom stereocenters. The number of fused-ring (bicyclic) bond motifs is 1. The van der Waals surface area contributed by atoms with Gasteiger partial charge in [-0.1, -0.05) is 0 Å². The molecule has 2 aliphatic rings. The van der Waals surface area contributed by atoms with Crippen LogP contribution in [0.3, 0.4) is 0 Å². The molecule has 1 aromatic carbocycles. The summed E-state index contributed by atoms with van der Waals surface area (Å²) in [5.74, 6) is 0.714. The quantitative estimate of drug-likeness (QED) is 0.569. The van der Waals surface area contributed by atoms with Gasteiger partial charge in [0.15, 0.2) is 0 Å². The Morgan fingerprint density at radius 2 is 2.00 bits per heavy atom. The van der Waals surface area contributed by atoms with E-state index in [1.807, 2.05) is 0 Å². The van der Waals surface area contributed by atoms with E-state index < -0.39 is 0 Å². The van der Waals surface area contributed by atoms with Crippen LogP contribution in [0.25, 0.3) is 0 Å². The second-order valence-electron chi connectivity index (χ2n) is 5.52. The Labute approximate surface area is 117 Å². The molecule has 0 aromatic heterocycles. The summed E-state index contributed by atoms with van der Waals surface area (Å²) in [6.45, 7) is 3.47. The summed E-state index contributed by atoms with van der Waals surface area (Å²) in [6, 6.07) is 11.0. The van der Waals surface area contributed by atoms with Gasteiger partial charge in [0.25, 0.3) is 0 Å². The molecule has 1 nitrogen and oxygen atoms in total. The summed E-state index contributed by atoms with van der Waals surface area (Å²) in [6.07, 6.45) is 4.95. The molecule has 1 fully saturated rings. The molecular formula is C16H19NSe. The topological polar surface area (TPSA) is 3.24 Å². The normalized spacial score (nSPS) is 31.2. The van der Waals surface area contributed by atoms with E-state index in [4.69, 9.17) is 0 Å². The molecule has 2 heteroatoms. The molecule has 1 aliphatic carbocycles. The predicted molar refractivity (Wildman–Crippen MR) is 78.0 cm³/mol. The van der Waals surface area contributed by atoms with Gasteiger partial charge < -0.3 is 0 Å². The number of allylic oxidation sites excluding steroid dienone is 1. The third kappa shape index (κ3) is 1.49. The predicted octanol–water partition coefficient (Wildman–Crippen LogP) is 2.52. The first-order valence-electron chi connectivity index (χ1n) is 6.65. The van der Waals surface area contributed by atoms with Crippen LogP contribution in [0.5, 0.6) is 0 Å². The molecule has 0 radical (unpaired) electrons. The molecule has 3 rings (SSSR count). The van der Waals surface area contributed by atoms with E-state index in [2.05, 4.69) is 70.9 Å². The van der Waals surface area contributed by atoms with Crippen LogP contribution >= 0.6 is 0 Å². The van der Waals surface area contributed by atoms with Gasteiger partial charge >= 0.3 is 117 Å². The Bertz CT molecular complexity index is 505. The van der Waals surface area contributed by atoms with Crippen LogP contribution in [0.1, 0.15) is 25.3 Å². The summed E-state index contributed by atoms with van der Waals surface area (Å²) in [7, 11) is 2.21. The van der Waals surface area contributed by atoms with E-state index in [0.29, 0.717) is 5.92 Å². The van der Waals surface area contributed by atoms with Crippen molar-refractivity contribution in [2.45, 2.75) is 25.2 Å². The van der Waals surface area contributed by atoms with E-state index in [1.165, 1.54) is 35.1 Å². The van der Waals surface area contributed by atoms with Gasteiger partial charge in [0.1, 0.15) is 0 Å². The Balaban J connectivity index is 2.22. The van der Waals surface area contributed by atoms with E-state index in [9.17, 15) is 0 Å². The second-order valence-corrected chi connectivity index (χ2v) is 6.33. The fourth-order valence-electron chi connectivity index (χ4n) is 3.77. The van der Waals surface area contributed by atoms with Gasteiger partial charge in [0.05, 0.1) is 0 Å². The minimum absolute atomic E-state index is 0.119. The van der Waals surface area contributed by atoms with Crippen LogP contribution in [-0.4, -0.2) is 38.6 Å². The van der Waals surface area contributed by atoms with Crippen molar-refractivity contribution in [1.82, 2.24) is 4.90 Å². The summed E-state index contributed by atoms with van der Waals surface area (Å²) in [4.78, 5) is 2.40. The van der Waals surface area contributed by atoms with E-state index >= 15 is 0 Å². The van der Waals surface area contributed by atoms with Crippen LogP contribution < -0.4 is 0 Å². The van der Waals surface area contributed by atoms with Gasteiger partial charge in [-0.2, -0.15) is 0 Å². The molecule has 1 aromatic rings. The summed E-state index contributed by atoms with van der Waals surface area (Å²) < 4.78 is 1.40. The zero-order chi connectivity index (χ0) is 12.8. The molecular weight excluding hydrogens is 285 g/mol. The Kier molecular flexibility index (Phi) is 2.96. The van der Waals surface area contributed by atoms with Gasteiger partial charge in [-0.15, -0.1) is 0 Å². The van der Waals surface area contributed by atoms with Gasteiger partial charge in [-0.3, -0.25) is 0 Å². The Hall–Kier alpha value is -0.851. The average Bonchev–Trinajstić information content (AvgIpc) is 2.65. The van der Waals surface area contributed by atoms with Gasteiger partial charge in [-0.05, 0) is 0 Å². The summed E-state index contributed by atoms with van der Waals surface area (Å²) in [5.41, 5.74) is 3.08. The van der Waals surface area contributed by atoms with Gasteiger partial charge in [0, 0.05) is 0 Å². The number of likely N-dealkylation sites (N-methyl/N-ethyl adjacent to an activating group) is 1. The molecule has 1 saturated heterocycles. The summed E-state index contributed by atoms with van der Waals surface area (Å²) in [5, 5.41) is 0.